The number of carbonyl (C=O) groups is 1. The molecule has 0 aliphatic rings. The summed E-state index contributed by atoms with van der Waals surface area (Å²) in [4.78, 5) is 26.9. The molecule has 0 bridgehead atoms. The fourth-order valence-corrected chi connectivity index (χ4v) is 2.43. The second-order valence-electron chi connectivity index (χ2n) is 5.22. The van der Waals surface area contributed by atoms with Gasteiger partial charge in [0.2, 0.25) is 0 Å². The number of carbonyl (C=O) groups excluding carboxylic acids is 1. The molecule has 3 aromatic rings. The molecular weight excluding hydrogens is 280 g/mol. The van der Waals surface area contributed by atoms with Crippen molar-refractivity contribution in [2.24, 2.45) is 0 Å². The van der Waals surface area contributed by atoms with Crippen molar-refractivity contribution in [2.45, 2.75) is 19.9 Å². The number of furan rings is 1. The Morgan fingerprint density at radius 3 is 2.59 bits per heavy atom. The zero-order chi connectivity index (χ0) is 15.7. The number of fused-ring (bicyclic) bond motifs is 1. The molecule has 22 heavy (non-hydrogen) atoms. The van der Waals surface area contributed by atoms with Crippen LogP contribution in [0, 0.1) is 6.92 Å². The van der Waals surface area contributed by atoms with Crippen LogP contribution in [0.15, 0.2) is 51.8 Å². The fourth-order valence-electron chi connectivity index (χ4n) is 2.43. The predicted octanol–water partition coefficient (Wildman–Crippen LogP) is 2.92. The number of rotatable bonds is 3. The third-order valence-corrected chi connectivity index (χ3v) is 3.59. The molecule has 2 heterocycles. The summed E-state index contributed by atoms with van der Waals surface area (Å²) < 4.78 is 5.52. The van der Waals surface area contributed by atoms with Gasteiger partial charge in [0.15, 0.2) is 0 Å². The zero-order valence-corrected chi connectivity index (χ0v) is 12.3. The summed E-state index contributed by atoms with van der Waals surface area (Å²) in [6, 6.07) is 10.5. The molecular formula is C17H16N2O3. The average Bonchev–Trinajstić information content (AvgIpc) is 2.94. The van der Waals surface area contributed by atoms with E-state index in [9.17, 15) is 9.59 Å². The Labute approximate surface area is 127 Å². The van der Waals surface area contributed by atoms with Crippen LogP contribution in [0.25, 0.3) is 10.8 Å². The lowest BCUT2D eigenvalue weighted by molar-refractivity contribution is 0.0936. The summed E-state index contributed by atoms with van der Waals surface area (Å²) in [6.45, 7) is 3.71. The normalized spacial score (nSPS) is 12.3. The molecule has 1 amide bonds. The van der Waals surface area contributed by atoms with Gasteiger partial charge in [-0.3, -0.25) is 9.59 Å². The van der Waals surface area contributed by atoms with E-state index in [4.69, 9.17) is 4.42 Å². The van der Waals surface area contributed by atoms with Gasteiger partial charge < -0.3 is 14.7 Å². The van der Waals surface area contributed by atoms with E-state index in [1.807, 2.05) is 26.0 Å². The van der Waals surface area contributed by atoms with E-state index in [0.717, 1.165) is 5.76 Å². The average molecular weight is 296 g/mol. The van der Waals surface area contributed by atoms with E-state index in [-0.39, 0.29) is 17.5 Å². The van der Waals surface area contributed by atoms with Gasteiger partial charge in [0.05, 0.1) is 11.6 Å². The number of nitrogens with one attached hydrogen (secondary N) is 2. The van der Waals surface area contributed by atoms with Gasteiger partial charge in [-0.05, 0) is 32.0 Å². The first kappa shape index (κ1) is 14.1. The maximum Gasteiger partial charge on any atom is 0.255 e. The number of aromatic amines is 1. The Bertz CT molecular complexity index is 892. The molecule has 2 aromatic heterocycles. The summed E-state index contributed by atoms with van der Waals surface area (Å²) in [5.41, 5.74) is 0.229. The Morgan fingerprint density at radius 1 is 1.18 bits per heavy atom. The number of aryl methyl sites for hydroxylation is 1. The molecule has 1 atom stereocenters. The summed E-state index contributed by atoms with van der Waals surface area (Å²) in [5, 5.41) is 4.01. The molecule has 0 saturated heterocycles. The predicted molar refractivity (Wildman–Crippen MR) is 83.9 cm³/mol. The van der Waals surface area contributed by atoms with Crippen LogP contribution in [0.3, 0.4) is 0 Å². The van der Waals surface area contributed by atoms with Crippen molar-refractivity contribution in [3.8, 4) is 0 Å². The third-order valence-electron chi connectivity index (χ3n) is 3.59. The van der Waals surface area contributed by atoms with Crippen LogP contribution in [0.5, 0.6) is 0 Å². The van der Waals surface area contributed by atoms with E-state index in [2.05, 4.69) is 10.3 Å². The van der Waals surface area contributed by atoms with Crippen LogP contribution < -0.4 is 10.9 Å². The number of amides is 1. The highest BCUT2D eigenvalue weighted by atomic mass is 16.3. The molecule has 0 fully saturated rings. The summed E-state index contributed by atoms with van der Waals surface area (Å²) >= 11 is 0. The quantitative estimate of drug-likeness (QED) is 0.780. The summed E-state index contributed by atoms with van der Waals surface area (Å²) in [5.74, 6) is 1.24. The zero-order valence-electron chi connectivity index (χ0n) is 12.3. The Balaban J connectivity index is 1.93. The van der Waals surface area contributed by atoms with Crippen LogP contribution in [0.4, 0.5) is 0 Å². The van der Waals surface area contributed by atoms with E-state index >= 15 is 0 Å². The van der Waals surface area contributed by atoms with Gasteiger partial charge in [-0.15, -0.1) is 0 Å². The minimum absolute atomic E-state index is 0.207. The summed E-state index contributed by atoms with van der Waals surface area (Å²) in [7, 11) is 0. The van der Waals surface area contributed by atoms with E-state index in [1.54, 1.807) is 24.3 Å². The number of pyridine rings is 1. The maximum atomic E-state index is 12.5. The molecule has 2 N–H and O–H groups in total. The van der Waals surface area contributed by atoms with Crippen LogP contribution in [0.2, 0.25) is 0 Å². The lowest BCUT2D eigenvalue weighted by Gasteiger charge is -2.12. The van der Waals surface area contributed by atoms with Gasteiger partial charge in [0.1, 0.15) is 11.5 Å². The molecule has 0 radical (unpaired) electrons. The second-order valence-corrected chi connectivity index (χ2v) is 5.22. The standard InChI is InChI=1S/C17H16N2O3/c1-10-7-8-15(22-10)11(2)19-17(21)14-9-18-16(20)13-6-4-3-5-12(13)14/h3-9,11H,1-2H3,(H,18,20)(H,19,21)/t11-/m1/s1. The fraction of sp³-hybridized carbons (Fsp3) is 0.176. The molecule has 112 valence electrons. The van der Waals surface area contributed by atoms with Crippen molar-refractivity contribution in [3.05, 3.63) is 70.0 Å². The van der Waals surface area contributed by atoms with Crippen LogP contribution in [0.1, 0.15) is 34.8 Å². The number of benzene rings is 1. The van der Waals surface area contributed by atoms with Crippen molar-refractivity contribution < 1.29 is 9.21 Å². The number of hydrogen-bond donors (Lipinski definition) is 2. The number of aromatic nitrogens is 1. The van der Waals surface area contributed by atoms with E-state index in [0.29, 0.717) is 22.1 Å². The van der Waals surface area contributed by atoms with Gasteiger partial charge in [-0.2, -0.15) is 0 Å². The van der Waals surface area contributed by atoms with Gasteiger partial charge >= 0.3 is 0 Å². The largest absolute Gasteiger partial charge is 0.464 e. The van der Waals surface area contributed by atoms with Crippen molar-refractivity contribution >= 4 is 16.7 Å². The Kier molecular flexibility index (Phi) is 3.55. The van der Waals surface area contributed by atoms with Crippen molar-refractivity contribution in [1.82, 2.24) is 10.3 Å². The minimum Gasteiger partial charge on any atom is -0.464 e. The maximum absolute atomic E-state index is 12.5. The van der Waals surface area contributed by atoms with Crippen molar-refractivity contribution in [1.29, 1.82) is 0 Å². The van der Waals surface area contributed by atoms with Gasteiger partial charge in [-0.25, -0.2) is 0 Å². The molecule has 0 unspecified atom stereocenters. The number of hydrogen-bond acceptors (Lipinski definition) is 3. The topological polar surface area (TPSA) is 75.1 Å². The third kappa shape index (κ3) is 2.53. The molecule has 3 rings (SSSR count). The van der Waals surface area contributed by atoms with E-state index < -0.39 is 0 Å². The van der Waals surface area contributed by atoms with Crippen LogP contribution in [-0.4, -0.2) is 10.9 Å². The minimum atomic E-state index is -0.258. The smallest absolute Gasteiger partial charge is 0.255 e. The Hall–Kier alpha value is -2.82. The van der Waals surface area contributed by atoms with Crippen LogP contribution >= 0.6 is 0 Å². The molecule has 1 aromatic carbocycles. The number of H-pyrrole nitrogens is 1. The molecule has 0 saturated carbocycles. The second kappa shape index (κ2) is 5.52. The molecule has 0 aliphatic carbocycles. The lowest BCUT2D eigenvalue weighted by Crippen LogP contribution is -2.27. The van der Waals surface area contributed by atoms with Crippen molar-refractivity contribution in [2.75, 3.05) is 0 Å². The molecule has 5 heteroatoms. The SMILES string of the molecule is Cc1ccc([C@@H](C)NC(=O)c2c[nH]c(=O)c3ccccc23)o1. The highest BCUT2D eigenvalue weighted by molar-refractivity contribution is 6.06. The monoisotopic (exact) mass is 296 g/mol. The van der Waals surface area contributed by atoms with Gasteiger partial charge in [0, 0.05) is 17.0 Å². The van der Waals surface area contributed by atoms with Crippen molar-refractivity contribution in [3.63, 3.8) is 0 Å². The first-order valence-corrected chi connectivity index (χ1v) is 7.04. The molecule has 5 nitrogen and oxygen atoms in total. The first-order valence-electron chi connectivity index (χ1n) is 7.04. The van der Waals surface area contributed by atoms with Gasteiger partial charge in [0.25, 0.3) is 11.5 Å². The summed E-state index contributed by atoms with van der Waals surface area (Å²) in [6.07, 6.45) is 1.44. The highest BCUT2D eigenvalue weighted by Crippen LogP contribution is 2.18. The van der Waals surface area contributed by atoms with E-state index in [1.165, 1.54) is 6.20 Å². The molecule has 0 aliphatic heterocycles. The van der Waals surface area contributed by atoms with Gasteiger partial charge in [-0.1, -0.05) is 18.2 Å². The van der Waals surface area contributed by atoms with Crippen LogP contribution in [-0.2, 0) is 0 Å². The highest BCUT2D eigenvalue weighted by Gasteiger charge is 2.16. The lowest BCUT2D eigenvalue weighted by atomic mass is 10.1. The Morgan fingerprint density at radius 2 is 1.91 bits per heavy atom. The molecule has 0 spiro atoms. The first-order chi connectivity index (χ1) is 10.6.